The Hall–Kier alpha value is -2.79. The van der Waals surface area contributed by atoms with E-state index in [2.05, 4.69) is 13.8 Å². The van der Waals surface area contributed by atoms with Crippen molar-refractivity contribution in [2.45, 2.75) is 152 Å². The number of benzene rings is 2. The second-order valence-corrected chi connectivity index (χ2v) is 17.5. The number of rotatable bonds is 27. The minimum atomic E-state index is -4.29. The number of hydrogen-bond donors (Lipinski definition) is 0. The lowest BCUT2D eigenvalue weighted by molar-refractivity contribution is -0.388. The normalized spacial score (nSPS) is 11.9. The van der Waals surface area contributed by atoms with Crippen molar-refractivity contribution >= 4 is 37.0 Å². The van der Waals surface area contributed by atoms with Gasteiger partial charge in [0.2, 0.25) is 0 Å². The van der Waals surface area contributed by atoms with Crippen LogP contribution in [0.2, 0.25) is 0 Å². The minimum Gasteiger partial charge on any atom is -0.311 e. The molecule has 0 spiro atoms. The van der Waals surface area contributed by atoms with Crippen molar-refractivity contribution in [2.24, 2.45) is 0 Å². The smallest absolute Gasteiger partial charge is 0.300 e. The number of sulfone groups is 2. The third-order valence-corrected chi connectivity index (χ3v) is 12.7. The van der Waals surface area contributed by atoms with Crippen molar-refractivity contribution in [2.75, 3.05) is 23.5 Å². The molecule has 276 valence electrons. The predicted molar refractivity (Wildman–Crippen MR) is 200 cm³/mol. The summed E-state index contributed by atoms with van der Waals surface area (Å²) in [6, 6.07) is 10.3. The van der Waals surface area contributed by atoms with Crippen molar-refractivity contribution in [1.82, 2.24) is 0 Å². The Morgan fingerprint density at radius 3 is 1.47 bits per heavy atom. The number of para-hydroxylation sites is 1. The SMILES string of the molecule is CCCCCCCCCCCCS(=O)(=O)c1cc(C(=O)N(C)c2ccccc2)c([N+](=O)[O-])c(S(=O)(=O)CCCCCCCCCCCC)c1. The molecule has 0 atom stereocenters. The van der Waals surface area contributed by atoms with E-state index in [1.165, 1.54) is 69.7 Å². The van der Waals surface area contributed by atoms with Crippen molar-refractivity contribution < 1.29 is 26.6 Å². The lowest BCUT2D eigenvalue weighted by atomic mass is 10.1. The first-order valence-electron chi connectivity index (χ1n) is 18.6. The summed E-state index contributed by atoms with van der Waals surface area (Å²) in [6.07, 6.45) is 20.1. The Balaban J connectivity index is 2.26. The molecule has 0 unspecified atom stereocenters. The molecule has 2 aromatic rings. The van der Waals surface area contributed by atoms with Crippen LogP contribution in [-0.2, 0) is 19.7 Å². The van der Waals surface area contributed by atoms with Gasteiger partial charge in [-0.3, -0.25) is 14.9 Å². The van der Waals surface area contributed by atoms with E-state index >= 15 is 0 Å². The average molecular weight is 721 g/mol. The molecule has 0 fully saturated rings. The summed E-state index contributed by atoms with van der Waals surface area (Å²) in [6.45, 7) is 4.37. The summed E-state index contributed by atoms with van der Waals surface area (Å²) < 4.78 is 54.6. The van der Waals surface area contributed by atoms with Crippen LogP contribution in [0.25, 0.3) is 0 Å². The molecule has 2 aromatic carbocycles. The maximum Gasteiger partial charge on any atom is 0.300 e. The first-order chi connectivity index (χ1) is 23.5. The highest BCUT2D eigenvalue weighted by Gasteiger charge is 2.36. The van der Waals surface area contributed by atoms with Crippen LogP contribution in [0, 0.1) is 10.1 Å². The fourth-order valence-electron chi connectivity index (χ4n) is 6.09. The summed E-state index contributed by atoms with van der Waals surface area (Å²) in [4.78, 5) is 25.4. The molecule has 1 amide bonds. The number of anilines is 1. The maximum atomic E-state index is 13.7. The van der Waals surface area contributed by atoms with Gasteiger partial charge in [-0.05, 0) is 37.1 Å². The number of carbonyl (C=O) groups is 1. The largest absolute Gasteiger partial charge is 0.311 e. The minimum absolute atomic E-state index is 0.235. The Morgan fingerprint density at radius 2 is 1.04 bits per heavy atom. The molecule has 0 aliphatic rings. The zero-order chi connectivity index (χ0) is 36.1. The first-order valence-corrected chi connectivity index (χ1v) is 21.9. The fourth-order valence-corrected chi connectivity index (χ4v) is 9.17. The van der Waals surface area contributed by atoms with E-state index in [1.807, 2.05) is 0 Å². The Bertz CT molecular complexity index is 1490. The number of nitro groups is 1. The first kappa shape index (κ1) is 42.4. The van der Waals surface area contributed by atoms with E-state index in [1.54, 1.807) is 30.3 Å². The van der Waals surface area contributed by atoms with Gasteiger partial charge in [-0.25, -0.2) is 16.8 Å². The van der Waals surface area contributed by atoms with Crippen molar-refractivity contribution in [1.29, 1.82) is 0 Å². The summed E-state index contributed by atoms with van der Waals surface area (Å²) in [5, 5.41) is 12.4. The molecule has 2 rings (SSSR count). The molecule has 9 nitrogen and oxygen atoms in total. The van der Waals surface area contributed by atoms with Gasteiger partial charge >= 0.3 is 5.69 Å². The topological polar surface area (TPSA) is 132 Å². The van der Waals surface area contributed by atoms with Gasteiger partial charge in [0.1, 0.15) is 10.5 Å². The van der Waals surface area contributed by atoms with Crippen molar-refractivity contribution in [3.05, 3.63) is 58.1 Å². The van der Waals surface area contributed by atoms with Crippen LogP contribution in [0.5, 0.6) is 0 Å². The van der Waals surface area contributed by atoms with E-state index in [4.69, 9.17) is 0 Å². The van der Waals surface area contributed by atoms with Gasteiger partial charge in [0, 0.05) is 12.7 Å². The predicted octanol–water partition coefficient (Wildman–Crippen LogP) is 10.3. The molecule has 0 saturated carbocycles. The number of nitro benzene ring substituents is 1. The standard InChI is InChI=1S/C38H60N2O7S2/c1-4-6-8-10-12-14-16-18-20-25-29-48(44,45)34-31-35(38(41)39(3)33-27-23-22-24-28-33)37(40(42)43)36(32-34)49(46,47)30-26-21-19-17-15-13-11-9-7-5-2/h22-24,27-28,31-32H,4-21,25-26,29-30H2,1-3H3. The van der Waals surface area contributed by atoms with E-state index in [-0.39, 0.29) is 22.8 Å². The number of amides is 1. The second-order valence-electron chi connectivity index (χ2n) is 13.3. The fraction of sp³-hybridized carbons (Fsp3) is 0.658. The van der Waals surface area contributed by atoms with Gasteiger partial charge in [0.25, 0.3) is 5.91 Å². The second kappa shape index (κ2) is 22.8. The third-order valence-electron chi connectivity index (χ3n) is 9.14. The van der Waals surface area contributed by atoms with Crippen LogP contribution in [0.3, 0.4) is 0 Å². The summed E-state index contributed by atoms with van der Waals surface area (Å²) in [5.41, 5.74) is -1.00. The summed E-state index contributed by atoms with van der Waals surface area (Å²) in [5.74, 6) is -1.46. The molecule has 0 radical (unpaired) electrons. The van der Waals surface area contributed by atoms with Gasteiger partial charge in [-0.1, -0.05) is 148 Å². The Kier molecular flexibility index (Phi) is 19.7. The Morgan fingerprint density at radius 1 is 0.633 bits per heavy atom. The number of nitrogens with zero attached hydrogens (tertiary/aromatic N) is 2. The highest BCUT2D eigenvalue weighted by atomic mass is 32.2. The Labute approximate surface area is 296 Å². The van der Waals surface area contributed by atoms with E-state index in [0.717, 1.165) is 57.1 Å². The zero-order valence-corrected chi connectivity index (χ0v) is 31.8. The van der Waals surface area contributed by atoms with E-state index < -0.39 is 46.7 Å². The number of hydrogen-bond acceptors (Lipinski definition) is 7. The van der Waals surface area contributed by atoms with Crippen molar-refractivity contribution in [3.63, 3.8) is 0 Å². The van der Waals surface area contributed by atoms with Crippen LogP contribution >= 0.6 is 0 Å². The van der Waals surface area contributed by atoms with Gasteiger partial charge < -0.3 is 4.90 Å². The van der Waals surface area contributed by atoms with E-state index in [9.17, 15) is 31.7 Å². The third kappa shape index (κ3) is 14.9. The summed E-state index contributed by atoms with van der Waals surface area (Å²) in [7, 11) is -6.91. The molecule has 0 heterocycles. The molecule has 0 saturated heterocycles. The lowest BCUT2D eigenvalue weighted by Gasteiger charge is -2.19. The molecule has 0 N–H and O–H groups in total. The number of carbonyl (C=O) groups excluding carboxylic acids is 1. The van der Waals surface area contributed by atoms with Gasteiger partial charge in [-0.15, -0.1) is 0 Å². The van der Waals surface area contributed by atoms with Crippen LogP contribution in [-0.4, -0.2) is 46.2 Å². The van der Waals surface area contributed by atoms with Gasteiger partial charge in [0.15, 0.2) is 19.7 Å². The average Bonchev–Trinajstić information content (AvgIpc) is 3.08. The van der Waals surface area contributed by atoms with Crippen LogP contribution in [0.1, 0.15) is 153 Å². The quantitative estimate of drug-likeness (QED) is 0.0510. The lowest BCUT2D eigenvalue weighted by Crippen LogP contribution is -2.28. The highest BCUT2D eigenvalue weighted by molar-refractivity contribution is 7.92. The molecular weight excluding hydrogens is 661 g/mol. The maximum absolute atomic E-state index is 13.7. The molecule has 49 heavy (non-hydrogen) atoms. The molecule has 0 aromatic heterocycles. The monoisotopic (exact) mass is 720 g/mol. The van der Waals surface area contributed by atoms with Gasteiger partial charge in [-0.2, -0.15) is 0 Å². The molecular formula is C38H60N2O7S2. The molecule has 0 aliphatic heterocycles. The molecule has 0 bridgehead atoms. The molecule has 11 heteroatoms. The summed E-state index contributed by atoms with van der Waals surface area (Å²) >= 11 is 0. The zero-order valence-electron chi connectivity index (χ0n) is 30.2. The van der Waals surface area contributed by atoms with Crippen LogP contribution < -0.4 is 4.90 Å². The van der Waals surface area contributed by atoms with Crippen LogP contribution in [0.4, 0.5) is 11.4 Å². The number of unbranched alkanes of at least 4 members (excludes halogenated alkanes) is 18. The van der Waals surface area contributed by atoms with Crippen molar-refractivity contribution in [3.8, 4) is 0 Å². The van der Waals surface area contributed by atoms with Crippen LogP contribution in [0.15, 0.2) is 52.3 Å². The highest BCUT2D eigenvalue weighted by Crippen LogP contribution is 2.35. The van der Waals surface area contributed by atoms with Gasteiger partial charge in [0.05, 0.1) is 21.3 Å². The van der Waals surface area contributed by atoms with E-state index in [0.29, 0.717) is 24.9 Å². The molecule has 0 aliphatic carbocycles.